The first kappa shape index (κ1) is 20.9. The zero-order valence-electron chi connectivity index (χ0n) is 17.2. The molecule has 2 aromatic rings. The van der Waals surface area contributed by atoms with Gasteiger partial charge < -0.3 is 19.7 Å². The fraction of sp³-hybridized carbons (Fsp3) is 0.391. The van der Waals surface area contributed by atoms with Crippen LogP contribution in [0.25, 0.3) is 0 Å². The number of aryl methyl sites for hydroxylation is 1. The molecule has 0 aromatic heterocycles. The fourth-order valence-corrected chi connectivity index (χ4v) is 3.71. The van der Waals surface area contributed by atoms with Crippen molar-refractivity contribution < 1.29 is 19.1 Å². The highest BCUT2D eigenvalue weighted by Gasteiger charge is 2.40. The summed E-state index contributed by atoms with van der Waals surface area (Å²) in [5.41, 5.74) is 2.83. The molecule has 0 aliphatic carbocycles. The minimum atomic E-state index is -0.295. The SMILES string of the molecule is COCCNC(=O)C1CN(C(=O)c2ccc(OC)cc2)CC1c1ccc(C)cc1. The molecule has 1 heterocycles. The normalized spacial score (nSPS) is 18.5. The van der Waals surface area contributed by atoms with E-state index in [1.165, 1.54) is 5.56 Å². The summed E-state index contributed by atoms with van der Waals surface area (Å²) in [7, 11) is 3.20. The number of amides is 2. The van der Waals surface area contributed by atoms with Crippen LogP contribution in [0.2, 0.25) is 0 Å². The van der Waals surface area contributed by atoms with E-state index < -0.39 is 0 Å². The first-order chi connectivity index (χ1) is 14.0. The first-order valence-corrected chi connectivity index (χ1v) is 9.80. The van der Waals surface area contributed by atoms with Gasteiger partial charge in [-0.15, -0.1) is 0 Å². The lowest BCUT2D eigenvalue weighted by Crippen LogP contribution is -2.37. The Hall–Kier alpha value is -2.86. The number of benzene rings is 2. The van der Waals surface area contributed by atoms with Crippen LogP contribution in [-0.2, 0) is 9.53 Å². The van der Waals surface area contributed by atoms with Crippen molar-refractivity contribution in [3.8, 4) is 5.75 Å². The first-order valence-electron chi connectivity index (χ1n) is 9.80. The maximum absolute atomic E-state index is 13.0. The standard InChI is InChI=1S/C23H28N2O4/c1-16-4-6-17(7-5-16)20-14-25(15-21(20)22(26)24-12-13-28-2)23(27)18-8-10-19(29-3)11-9-18/h4-11,20-21H,12-15H2,1-3H3,(H,24,26). The van der Waals surface area contributed by atoms with E-state index in [9.17, 15) is 9.59 Å². The molecule has 0 saturated carbocycles. The van der Waals surface area contributed by atoms with Crippen molar-refractivity contribution in [2.45, 2.75) is 12.8 Å². The molecule has 1 aliphatic rings. The molecule has 3 rings (SSSR count). The van der Waals surface area contributed by atoms with Gasteiger partial charge in [-0.3, -0.25) is 9.59 Å². The molecule has 2 amide bonds. The predicted molar refractivity (Wildman–Crippen MR) is 111 cm³/mol. The second-order valence-corrected chi connectivity index (χ2v) is 7.35. The molecule has 0 radical (unpaired) electrons. The number of hydrogen-bond acceptors (Lipinski definition) is 4. The summed E-state index contributed by atoms with van der Waals surface area (Å²) in [5, 5.41) is 2.93. The predicted octanol–water partition coefficient (Wildman–Crippen LogP) is 2.62. The molecule has 2 unspecified atom stereocenters. The maximum atomic E-state index is 13.0. The van der Waals surface area contributed by atoms with E-state index in [4.69, 9.17) is 9.47 Å². The largest absolute Gasteiger partial charge is 0.497 e. The molecular weight excluding hydrogens is 368 g/mol. The van der Waals surface area contributed by atoms with Gasteiger partial charge in [-0.05, 0) is 36.8 Å². The molecule has 6 nitrogen and oxygen atoms in total. The van der Waals surface area contributed by atoms with Gasteiger partial charge in [0.25, 0.3) is 5.91 Å². The van der Waals surface area contributed by atoms with Gasteiger partial charge in [-0.1, -0.05) is 29.8 Å². The van der Waals surface area contributed by atoms with Crippen molar-refractivity contribution in [1.82, 2.24) is 10.2 Å². The van der Waals surface area contributed by atoms with E-state index in [-0.39, 0.29) is 23.7 Å². The van der Waals surface area contributed by atoms with Crippen LogP contribution in [0.5, 0.6) is 5.75 Å². The van der Waals surface area contributed by atoms with Gasteiger partial charge in [0.1, 0.15) is 5.75 Å². The number of carbonyl (C=O) groups is 2. The highest BCUT2D eigenvalue weighted by atomic mass is 16.5. The van der Waals surface area contributed by atoms with Gasteiger partial charge in [-0.25, -0.2) is 0 Å². The smallest absolute Gasteiger partial charge is 0.253 e. The number of methoxy groups -OCH3 is 2. The number of carbonyl (C=O) groups excluding carboxylic acids is 2. The van der Waals surface area contributed by atoms with E-state index in [1.807, 2.05) is 19.1 Å². The highest BCUT2D eigenvalue weighted by Crippen LogP contribution is 2.34. The summed E-state index contributed by atoms with van der Waals surface area (Å²) < 4.78 is 10.2. The second kappa shape index (κ2) is 9.56. The van der Waals surface area contributed by atoms with E-state index in [2.05, 4.69) is 17.4 Å². The molecule has 1 N–H and O–H groups in total. The van der Waals surface area contributed by atoms with Crippen LogP contribution in [0.4, 0.5) is 0 Å². The Morgan fingerprint density at radius 2 is 1.72 bits per heavy atom. The third-order valence-electron chi connectivity index (χ3n) is 5.39. The molecule has 29 heavy (non-hydrogen) atoms. The van der Waals surface area contributed by atoms with E-state index >= 15 is 0 Å². The van der Waals surface area contributed by atoms with E-state index in [0.29, 0.717) is 37.6 Å². The lowest BCUT2D eigenvalue weighted by atomic mass is 9.88. The van der Waals surface area contributed by atoms with Crippen molar-refractivity contribution in [1.29, 1.82) is 0 Å². The van der Waals surface area contributed by atoms with Crippen molar-refractivity contribution in [2.75, 3.05) is 40.5 Å². The number of rotatable bonds is 7. The van der Waals surface area contributed by atoms with Gasteiger partial charge >= 0.3 is 0 Å². The summed E-state index contributed by atoms with van der Waals surface area (Å²) >= 11 is 0. The lowest BCUT2D eigenvalue weighted by Gasteiger charge is -2.18. The molecule has 2 atom stereocenters. The van der Waals surface area contributed by atoms with Gasteiger partial charge in [-0.2, -0.15) is 0 Å². The molecule has 1 aliphatic heterocycles. The summed E-state index contributed by atoms with van der Waals surface area (Å²) in [5.74, 6) is 0.252. The van der Waals surface area contributed by atoms with Crippen LogP contribution < -0.4 is 10.1 Å². The highest BCUT2D eigenvalue weighted by molar-refractivity contribution is 5.95. The Bertz CT molecular complexity index is 833. The number of nitrogens with one attached hydrogen (secondary N) is 1. The topological polar surface area (TPSA) is 67.9 Å². The van der Waals surface area contributed by atoms with Crippen LogP contribution in [0.15, 0.2) is 48.5 Å². The summed E-state index contributed by atoms with van der Waals surface area (Å²) in [6.07, 6.45) is 0. The summed E-state index contributed by atoms with van der Waals surface area (Å²) in [6, 6.07) is 15.3. The zero-order chi connectivity index (χ0) is 20.8. The average molecular weight is 396 g/mol. The Balaban J connectivity index is 1.80. The Morgan fingerprint density at radius 1 is 1.03 bits per heavy atom. The average Bonchev–Trinajstić information content (AvgIpc) is 3.19. The fourth-order valence-electron chi connectivity index (χ4n) is 3.71. The number of ether oxygens (including phenoxy) is 2. The van der Waals surface area contributed by atoms with Crippen LogP contribution >= 0.6 is 0 Å². The second-order valence-electron chi connectivity index (χ2n) is 7.35. The molecule has 6 heteroatoms. The van der Waals surface area contributed by atoms with E-state index in [0.717, 1.165) is 5.56 Å². The van der Waals surface area contributed by atoms with Gasteiger partial charge in [0.2, 0.25) is 5.91 Å². The van der Waals surface area contributed by atoms with Crippen molar-refractivity contribution >= 4 is 11.8 Å². The monoisotopic (exact) mass is 396 g/mol. The number of hydrogen-bond donors (Lipinski definition) is 1. The van der Waals surface area contributed by atoms with Crippen LogP contribution in [0, 0.1) is 12.8 Å². The molecule has 1 saturated heterocycles. The Labute approximate surface area is 171 Å². The third kappa shape index (κ3) is 4.95. The Morgan fingerprint density at radius 3 is 2.34 bits per heavy atom. The molecule has 154 valence electrons. The lowest BCUT2D eigenvalue weighted by molar-refractivity contribution is -0.125. The molecule has 2 aromatic carbocycles. The van der Waals surface area contributed by atoms with Crippen LogP contribution in [0.3, 0.4) is 0 Å². The zero-order valence-corrected chi connectivity index (χ0v) is 17.2. The van der Waals surface area contributed by atoms with E-state index in [1.54, 1.807) is 43.4 Å². The van der Waals surface area contributed by atoms with Crippen LogP contribution in [-0.4, -0.2) is 57.2 Å². The minimum absolute atomic E-state index is 0.0413. The molecule has 0 spiro atoms. The summed E-state index contributed by atoms with van der Waals surface area (Å²) in [6.45, 7) is 3.85. The number of nitrogens with zero attached hydrogens (tertiary/aromatic N) is 1. The van der Waals surface area contributed by atoms with Crippen molar-refractivity contribution in [2.24, 2.45) is 5.92 Å². The van der Waals surface area contributed by atoms with Gasteiger partial charge in [0.05, 0.1) is 19.6 Å². The van der Waals surface area contributed by atoms with Crippen LogP contribution in [0.1, 0.15) is 27.4 Å². The quantitative estimate of drug-likeness (QED) is 0.731. The molecule has 1 fully saturated rings. The van der Waals surface area contributed by atoms with Gasteiger partial charge in [0, 0.05) is 38.2 Å². The van der Waals surface area contributed by atoms with Crippen molar-refractivity contribution in [3.63, 3.8) is 0 Å². The summed E-state index contributed by atoms with van der Waals surface area (Å²) in [4.78, 5) is 27.6. The minimum Gasteiger partial charge on any atom is -0.497 e. The molecule has 0 bridgehead atoms. The molecular formula is C23H28N2O4. The number of likely N-dealkylation sites (tertiary alicyclic amines) is 1. The Kier molecular flexibility index (Phi) is 6.88. The van der Waals surface area contributed by atoms with Crippen molar-refractivity contribution in [3.05, 3.63) is 65.2 Å². The third-order valence-corrected chi connectivity index (χ3v) is 5.39. The maximum Gasteiger partial charge on any atom is 0.253 e. The van der Waals surface area contributed by atoms with Gasteiger partial charge in [0.15, 0.2) is 0 Å².